The van der Waals surface area contributed by atoms with Crippen LogP contribution in [0, 0.1) is 17.1 Å². The summed E-state index contributed by atoms with van der Waals surface area (Å²) in [5.41, 5.74) is 2.36. The van der Waals surface area contributed by atoms with Gasteiger partial charge in [0.05, 0.1) is 18.1 Å². The Morgan fingerprint density at radius 2 is 2.04 bits per heavy atom. The second-order valence-corrected chi connectivity index (χ2v) is 6.08. The Morgan fingerprint density at radius 1 is 1.22 bits per heavy atom. The van der Waals surface area contributed by atoms with Gasteiger partial charge in [-0.2, -0.15) is 17.0 Å². The van der Waals surface area contributed by atoms with Gasteiger partial charge in [-0.1, -0.05) is 30.3 Å². The minimum absolute atomic E-state index is 0.117. The summed E-state index contributed by atoms with van der Waals surface area (Å²) in [6, 6.07) is 15.7. The molecule has 2 aromatic carbocycles. The van der Waals surface area contributed by atoms with Crippen molar-refractivity contribution in [3.05, 3.63) is 71.0 Å². The number of carbonyl (C=O) groups excluding carboxylic acids is 1. The Hall–Kier alpha value is -2.32. The second-order valence-electron chi connectivity index (χ2n) is 4.98. The first-order valence-electron chi connectivity index (χ1n) is 7.26. The van der Waals surface area contributed by atoms with Crippen molar-refractivity contribution in [3.8, 4) is 6.07 Å². The highest BCUT2D eigenvalue weighted by molar-refractivity contribution is 7.98. The van der Waals surface area contributed by atoms with Crippen LogP contribution in [0.4, 0.5) is 4.39 Å². The molecule has 2 aromatic rings. The highest BCUT2D eigenvalue weighted by Gasteiger charge is 2.04. The normalized spacial score (nSPS) is 10.1. The molecule has 0 unspecified atom stereocenters. The van der Waals surface area contributed by atoms with E-state index in [0.29, 0.717) is 17.7 Å². The van der Waals surface area contributed by atoms with E-state index in [1.54, 1.807) is 30.0 Å². The maximum atomic E-state index is 13.0. The number of carbonyl (C=O) groups is 1. The lowest BCUT2D eigenvalue weighted by molar-refractivity contribution is -0.120. The van der Waals surface area contributed by atoms with Crippen LogP contribution in [0.1, 0.15) is 16.7 Å². The molecule has 0 heterocycles. The van der Waals surface area contributed by atoms with E-state index in [4.69, 9.17) is 5.26 Å². The molecule has 118 valence electrons. The lowest BCUT2D eigenvalue weighted by atomic mass is 10.1. The monoisotopic (exact) mass is 328 g/mol. The van der Waals surface area contributed by atoms with E-state index in [9.17, 15) is 9.18 Å². The molecule has 1 N–H and O–H groups in total. The first-order chi connectivity index (χ1) is 11.2. The Balaban J connectivity index is 1.67. The van der Waals surface area contributed by atoms with Gasteiger partial charge in [0.1, 0.15) is 5.82 Å². The number of hydrogen-bond donors (Lipinski definition) is 1. The van der Waals surface area contributed by atoms with E-state index in [1.165, 1.54) is 12.1 Å². The summed E-state index contributed by atoms with van der Waals surface area (Å²) in [4.78, 5) is 11.8. The molecular formula is C18H17FN2OS. The number of hydrogen-bond acceptors (Lipinski definition) is 3. The van der Waals surface area contributed by atoms with Gasteiger partial charge >= 0.3 is 0 Å². The molecule has 0 fully saturated rings. The van der Waals surface area contributed by atoms with E-state index in [-0.39, 0.29) is 18.1 Å². The molecule has 0 radical (unpaired) electrons. The molecule has 3 nitrogen and oxygen atoms in total. The number of nitrogens with one attached hydrogen (secondary N) is 1. The SMILES string of the molecule is N#Cc1ccccc1CSCCNC(=O)Cc1cccc(F)c1. The predicted octanol–water partition coefficient (Wildman–Crippen LogP) is 3.29. The molecule has 1 amide bonds. The van der Waals surface area contributed by atoms with E-state index >= 15 is 0 Å². The van der Waals surface area contributed by atoms with Gasteiger partial charge in [-0.3, -0.25) is 4.79 Å². The van der Waals surface area contributed by atoms with Crippen LogP contribution < -0.4 is 5.32 Å². The summed E-state index contributed by atoms with van der Waals surface area (Å²) in [6.07, 6.45) is 0.180. The molecule has 2 rings (SSSR count). The average molecular weight is 328 g/mol. The van der Waals surface area contributed by atoms with Crippen LogP contribution in [-0.2, 0) is 17.0 Å². The molecular weight excluding hydrogens is 311 g/mol. The number of amides is 1. The zero-order chi connectivity index (χ0) is 16.5. The quantitative estimate of drug-likeness (QED) is 0.794. The lowest BCUT2D eigenvalue weighted by Crippen LogP contribution is -2.27. The number of rotatable bonds is 7. The molecule has 0 atom stereocenters. The third-order valence-corrected chi connectivity index (χ3v) is 4.23. The fourth-order valence-electron chi connectivity index (χ4n) is 2.09. The largest absolute Gasteiger partial charge is 0.355 e. The second kappa shape index (κ2) is 8.96. The molecule has 0 aliphatic heterocycles. The van der Waals surface area contributed by atoms with Crippen molar-refractivity contribution in [1.29, 1.82) is 5.26 Å². The van der Waals surface area contributed by atoms with Crippen molar-refractivity contribution < 1.29 is 9.18 Å². The number of benzene rings is 2. The number of nitriles is 1. The summed E-state index contributed by atoms with van der Waals surface area (Å²) in [5, 5.41) is 11.8. The molecule has 0 aliphatic carbocycles. The molecule has 0 spiro atoms. The van der Waals surface area contributed by atoms with Gasteiger partial charge < -0.3 is 5.32 Å². The lowest BCUT2D eigenvalue weighted by Gasteiger charge is -2.06. The fourth-order valence-corrected chi connectivity index (χ4v) is 2.96. The van der Waals surface area contributed by atoms with Crippen molar-refractivity contribution in [2.24, 2.45) is 0 Å². The molecule has 0 bridgehead atoms. The van der Waals surface area contributed by atoms with Crippen molar-refractivity contribution in [1.82, 2.24) is 5.32 Å². The average Bonchev–Trinajstić information content (AvgIpc) is 2.55. The standard InChI is InChI=1S/C18H17FN2OS/c19-17-7-3-4-14(10-17)11-18(22)21-8-9-23-13-16-6-2-1-5-15(16)12-20/h1-7,10H,8-9,11,13H2,(H,21,22). The third-order valence-electron chi connectivity index (χ3n) is 3.22. The highest BCUT2D eigenvalue weighted by atomic mass is 32.2. The van der Waals surface area contributed by atoms with Gasteiger partial charge in [-0.05, 0) is 29.3 Å². The Kier molecular flexibility index (Phi) is 6.64. The number of nitrogens with zero attached hydrogens (tertiary/aromatic N) is 1. The van der Waals surface area contributed by atoms with Crippen molar-refractivity contribution in [3.63, 3.8) is 0 Å². The van der Waals surface area contributed by atoms with Crippen LogP contribution >= 0.6 is 11.8 Å². The minimum atomic E-state index is -0.331. The Labute approximate surface area is 139 Å². The van der Waals surface area contributed by atoms with E-state index in [1.807, 2.05) is 18.2 Å². The summed E-state index contributed by atoms with van der Waals surface area (Å²) >= 11 is 1.66. The summed E-state index contributed by atoms with van der Waals surface area (Å²) in [5.74, 6) is 1.05. The van der Waals surface area contributed by atoms with Gasteiger partial charge in [0, 0.05) is 18.1 Å². The summed E-state index contributed by atoms with van der Waals surface area (Å²) in [7, 11) is 0. The Bertz CT molecular complexity index is 712. The predicted molar refractivity (Wildman–Crippen MR) is 90.4 cm³/mol. The van der Waals surface area contributed by atoms with Crippen LogP contribution in [-0.4, -0.2) is 18.2 Å². The van der Waals surface area contributed by atoms with Gasteiger partial charge in [0.25, 0.3) is 0 Å². The maximum absolute atomic E-state index is 13.0. The minimum Gasteiger partial charge on any atom is -0.355 e. The van der Waals surface area contributed by atoms with Crippen LogP contribution in [0.25, 0.3) is 0 Å². The van der Waals surface area contributed by atoms with Crippen molar-refractivity contribution >= 4 is 17.7 Å². The Morgan fingerprint density at radius 3 is 2.83 bits per heavy atom. The first-order valence-corrected chi connectivity index (χ1v) is 8.41. The van der Waals surface area contributed by atoms with E-state index in [0.717, 1.165) is 17.1 Å². The molecule has 5 heteroatoms. The summed E-state index contributed by atoms with van der Waals surface area (Å²) in [6.45, 7) is 0.549. The van der Waals surface area contributed by atoms with Gasteiger partial charge in [0.2, 0.25) is 5.91 Å². The fraction of sp³-hybridized carbons (Fsp3) is 0.222. The van der Waals surface area contributed by atoms with Crippen molar-refractivity contribution in [2.45, 2.75) is 12.2 Å². The van der Waals surface area contributed by atoms with Crippen LogP contribution in [0.15, 0.2) is 48.5 Å². The van der Waals surface area contributed by atoms with E-state index < -0.39 is 0 Å². The maximum Gasteiger partial charge on any atom is 0.224 e. The van der Waals surface area contributed by atoms with Crippen LogP contribution in [0.2, 0.25) is 0 Å². The molecule has 0 saturated heterocycles. The smallest absolute Gasteiger partial charge is 0.224 e. The topological polar surface area (TPSA) is 52.9 Å². The molecule has 0 aliphatic rings. The van der Waals surface area contributed by atoms with E-state index in [2.05, 4.69) is 11.4 Å². The zero-order valence-corrected chi connectivity index (χ0v) is 13.4. The van der Waals surface area contributed by atoms with Gasteiger partial charge in [-0.15, -0.1) is 0 Å². The highest BCUT2D eigenvalue weighted by Crippen LogP contribution is 2.15. The number of thioether (sulfide) groups is 1. The molecule has 0 aromatic heterocycles. The molecule has 0 saturated carbocycles. The summed E-state index contributed by atoms with van der Waals surface area (Å²) < 4.78 is 13.0. The van der Waals surface area contributed by atoms with Crippen molar-refractivity contribution in [2.75, 3.05) is 12.3 Å². The zero-order valence-electron chi connectivity index (χ0n) is 12.6. The first kappa shape index (κ1) is 17.0. The van der Waals surface area contributed by atoms with Crippen LogP contribution in [0.3, 0.4) is 0 Å². The van der Waals surface area contributed by atoms with Gasteiger partial charge in [0.15, 0.2) is 0 Å². The third kappa shape index (κ3) is 5.76. The van der Waals surface area contributed by atoms with Crippen LogP contribution in [0.5, 0.6) is 0 Å². The molecule has 23 heavy (non-hydrogen) atoms. The van der Waals surface area contributed by atoms with Gasteiger partial charge in [-0.25, -0.2) is 4.39 Å². The number of halogens is 1.